The van der Waals surface area contributed by atoms with E-state index in [4.69, 9.17) is 15.2 Å². The van der Waals surface area contributed by atoms with Gasteiger partial charge in [0.1, 0.15) is 12.1 Å². The van der Waals surface area contributed by atoms with E-state index in [0.717, 1.165) is 0 Å². The number of carbonyl (C=O) groups is 2. The van der Waals surface area contributed by atoms with Crippen LogP contribution in [-0.4, -0.2) is 96.7 Å². The molecule has 2 aliphatic rings. The second-order valence-electron chi connectivity index (χ2n) is 6.44. The first kappa shape index (κ1) is 24.1. The molecule has 0 aromatic carbocycles. The Bertz CT molecular complexity index is 727. The Balaban J connectivity index is 0.000000480. The number of carboxylic acids is 1. The first-order valence-electron chi connectivity index (χ1n) is 8.47. The first-order chi connectivity index (χ1) is 12.8. The molecule has 0 bridgehead atoms. The Kier molecular flexibility index (Phi) is 7.81. The molecular formula is C15H23F3N4O5S. The summed E-state index contributed by atoms with van der Waals surface area (Å²) < 4.78 is 57.1. The van der Waals surface area contributed by atoms with Crippen molar-refractivity contribution in [3.8, 4) is 6.07 Å². The number of carboxylic acid groups (broad SMARTS) is 1. The highest BCUT2D eigenvalue weighted by atomic mass is 32.2. The number of piperazine rings is 1. The summed E-state index contributed by atoms with van der Waals surface area (Å²) >= 11 is 0. The van der Waals surface area contributed by atoms with E-state index in [-0.39, 0.29) is 18.2 Å². The van der Waals surface area contributed by atoms with Gasteiger partial charge in [0, 0.05) is 26.2 Å². The number of rotatable bonds is 3. The smallest absolute Gasteiger partial charge is 0.475 e. The second kappa shape index (κ2) is 9.06. The minimum atomic E-state index is -5.08. The van der Waals surface area contributed by atoms with Crippen molar-refractivity contribution in [1.29, 1.82) is 5.26 Å². The van der Waals surface area contributed by atoms with Crippen molar-refractivity contribution in [3.63, 3.8) is 0 Å². The van der Waals surface area contributed by atoms with Gasteiger partial charge >= 0.3 is 12.1 Å². The van der Waals surface area contributed by atoms with E-state index in [1.807, 2.05) is 18.0 Å². The predicted octanol–water partition coefficient (Wildman–Crippen LogP) is 0.102. The lowest BCUT2D eigenvalue weighted by Gasteiger charge is -2.50. The number of sulfonamides is 1. The topological polar surface area (TPSA) is 122 Å². The number of nitriles is 1. The molecule has 2 fully saturated rings. The largest absolute Gasteiger partial charge is 0.490 e. The van der Waals surface area contributed by atoms with Crippen LogP contribution in [0, 0.1) is 11.3 Å². The fourth-order valence-corrected chi connectivity index (χ4v) is 4.30. The molecule has 0 atom stereocenters. The van der Waals surface area contributed by atoms with Gasteiger partial charge in [-0.1, -0.05) is 0 Å². The maximum Gasteiger partial charge on any atom is 0.490 e. The molecular weight excluding hydrogens is 405 g/mol. The van der Waals surface area contributed by atoms with Crippen LogP contribution in [-0.2, 0) is 19.6 Å². The standard InChI is InChI=1S/C13H22N4O3S.C2HF3O2/c1-3-21(19,20)17-7-4-13(5-8-17)12(18)16(9-6-14)11-10-15(13)2;3-2(4,5)1(6)7/h3-5,7-11H2,1-2H3;(H,6,7). The summed E-state index contributed by atoms with van der Waals surface area (Å²) in [5.74, 6) is -2.71. The van der Waals surface area contributed by atoms with Gasteiger partial charge < -0.3 is 10.0 Å². The molecule has 0 unspecified atom stereocenters. The number of nitrogens with zero attached hydrogens (tertiary/aromatic N) is 4. The number of carbonyl (C=O) groups excluding carboxylic acids is 1. The number of piperidine rings is 1. The molecule has 2 heterocycles. The van der Waals surface area contributed by atoms with Crippen molar-refractivity contribution in [1.82, 2.24) is 14.1 Å². The normalized spacial score (nSPS) is 21.0. The fraction of sp³-hybridized carbons (Fsp3) is 0.800. The van der Waals surface area contributed by atoms with Crippen LogP contribution in [0.3, 0.4) is 0 Å². The van der Waals surface area contributed by atoms with Gasteiger partial charge in [-0.25, -0.2) is 17.5 Å². The monoisotopic (exact) mass is 428 g/mol. The molecule has 1 spiro atoms. The maximum atomic E-state index is 12.7. The quantitative estimate of drug-likeness (QED) is 0.633. The van der Waals surface area contributed by atoms with E-state index < -0.39 is 27.7 Å². The molecule has 1 N–H and O–H groups in total. The van der Waals surface area contributed by atoms with E-state index in [0.29, 0.717) is 39.0 Å². The Labute approximate surface area is 161 Å². The molecule has 13 heteroatoms. The molecule has 1 amide bonds. The lowest BCUT2D eigenvalue weighted by molar-refractivity contribution is -0.192. The van der Waals surface area contributed by atoms with E-state index in [9.17, 15) is 26.4 Å². The zero-order chi connectivity index (χ0) is 21.8. The van der Waals surface area contributed by atoms with Crippen LogP contribution in [0.2, 0.25) is 0 Å². The highest BCUT2D eigenvalue weighted by Gasteiger charge is 2.50. The Hall–Kier alpha value is -1.91. The van der Waals surface area contributed by atoms with Crippen LogP contribution >= 0.6 is 0 Å². The molecule has 0 aromatic heterocycles. The number of hydrogen-bond donors (Lipinski definition) is 1. The van der Waals surface area contributed by atoms with E-state index in [1.165, 1.54) is 4.31 Å². The minimum absolute atomic E-state index is 0.0358. The maximum absolute atomic E-state index is 12.7. The molecule has 0 saturated carbocycles. The van der Waals surface area contributed by atoms with E-state index in [2.05, 4.69) is 0 Å². The Morgan fingerprint density at radius 2 is 1.75 bits per heavy atom. The lowest BCUT2D eigenvalue weighted by atomic mass is 9.83. The summed E-state index contributed by atoms with van der Waals surface area (Å²) in [6.07, 6.45) is -4.10. The third-order valence-electron chi connectivity index (χ3n) is 4.93. The summed E-state index contributed by atoms with van der Waals surface area (Å²) in [4.78, 5) is 25.2. The van der Waals surface area contributed by atoms with Gasteiger partial charge in [0.25, 0.3) is 0 Å². The fourth-order valence-electron chi connectivity index (χ4n) is 3.19. The third kappa shape index (κ3) is 5.33. The van der Waals surface area contributed by atoms with Gasteiger partial charge in [-0.2, -0.15) is 18.4 Å². The second-order valence-corrected chi connectivity index (χ2v) is 8.70. The van der Waals surface area contributed by atoms with Crippen LogP contribution in [0.5, 0.6) is 0 Å². The zero-order valence-corrected chi connectivity index (χ0v) is 16.4. The van der Waals surface area contributed by atoms with Gasteiger partial charge in [-0.15, -0.1) is 0 Å². The van der Waals surface area contributed by atoms with Crippen molar-refractivity contribution >= 4 is 21.9 Å². The number of amides is 1. The van der Waals surface area contributed by atoms with Gasteiger partial charge in [0.15, 0.2) is 0 Å². The molecule has 28 heavy (non-hydrogen) atoms. The highest BCUT2D eigenvalue weighted by Crippen LogP contribution is 2.33. The summed E-state index contributed by atoms with van der Waals surface area (Å²) in [6, 6.07) is 2.03. The molecule has 2 saturated heterocycles. The third-order valence-corrected chi connectivity index (χ3v) is 6.81. The molecule has 9 nitrogen and oxygen atoms in total. The molecule has 0 aliphatic carbocycles. The van der Waals surface area contributed by atoms with Crippen molar-refractivity contribution in [3.05, 3.63) is 0 Å². The van der Waals surface area contributed by atoms with Crippen LogP contribution in [0.25, 0.3) is 0 Å². The van der Waals surface area contributed by atoms with Gasteiger partial charge in [-0.3, -0.25) is 9.69 Å². The summed E-state index contributed by atoms with van der Waals surface area (Å²) in [5, 5.41) is 15.9. The summed E-state index contributed by atoms with van der Waals surface area (Å²) in [5.41, 5.74) is -0.644. The van der Waals surface area contributed by atoms with E-state index in [1.54, 1.807) is 11.8 Å². The van der Waals surface area contributed by atoms with Crippen LogP contribution < -0.4 is 0 Å². The van der Waals surface area contributed by atoms with Gasteiger partial charge in [0.2, 0.25) is 15.9 Å². The minimum Gasteiger partial charge on any atom is -0.475 e. The molecule has 160 valence electrons. The molecule has 2 rings (SSSR count). The van der Waals surface area contributed by atoms with Crippen LogP contribution in [0.15, 0.2) is 0 Å². The van der Waals surface area contributed by atoms with Gasteiger partial charge in [-0.05, 0) is 26.8 Å². The number of alkyl halides is 3. The Morgan fingerprint density at radius 3 is 2.14 bits per heavy atom. The summed E-state index contributed by atoms with van der Waals surface area (Å²) in [7, 11) is -1.29. The van der Waals surface area contributed by atoms with Crippen molar-refractivity contribution < 1.29 is 36.3 Å². The predicted molar refractivity (Wildman–Crippen MR) is 91.5 cm³/mol. The zero-order valence-electron chi connectivity index (χ0n) is 15.6. The number of hydrogen-bond acceptors (Lipinski definition) is 6. The molecule has 0 aromatic rings. The van der Waals surface area contributed by atoms with Crippen LogP contribution in [0.1, 0.15) is 19.8 Å². The molecule has 0 radical (unpaired) electrons. The average Bonchev–Trinajstić information content (AvgIpc) is 2.63. The highest BCUT2D eigenvalue weighted by molar-refractivity contribution is 7.89. The number of aliphatic carboxylic acids is 1. The Morgan fingerprint density at radius 1 is 1.25 bits per heavy atom. The number of likely N-dealkylation sites (N-methyl/N-ethyl adjacent to an activating group) is 1. The summed E-state index contributed by atoms with van der Waals surface area (Å²) in [6.45, 7) is 3.74. The van der Waals surface area contributed by atoms with Gasteiger partial charge in [0.05, 0.1) is 11.8 Å². The molecule has 2 aliphatic heterocycles. The van der Waals surface area contributed by atoms with Crippen molar-refractivity contribution in [2.24, 2.45) is 0 Å². The van der Waals surface area contributed by atoms with Crippen molar-refractivity contribution in [2.75, 3.05) is 45.5 Å². The van der Waals surface area contributed by atoms with E-state index >= 15 is 0 Å². The first-order valence-corrected chi connectivity index (χ1v) is 10.1. The van der Waals surface area contributed by atoms with Crippen LogP contribution in [0.4, 0.5) is 13.2 Å². The SMILES string of the molecule is CCS(=O)(=O)N1CCC2(CC1)C(=O)N(CC#N)CCN2C.O=C(O)C(F)(F)F. The average molecular weight is 428 g/mol. The van der Waals surface area contributed by atoms with Crippen molar-refractivity contribution in [2.45, 2.75) is 31.5 Å². The number of halogens is 3. The lowest BCUT2D eigenvalue weighted by Crippen LogP contribution is -2.68.